The normalized spacial score (nSPS) is 16.1. The fraction of sp³-hybridized carbons (Fsp3) is 0.381. The molecule has 1 aliphatic rings. The standard InChI is InChI=1S/C21H24F2N2O2/c1-3-5-7-13-8-6-9-17(26-4-2)18(13)16-12-27-21(25-16)19-14(22)10-11-15(24)20(19)23/h6,8-11,16H,3-5,7,12,24H2,1-2H3. The Bertz CT molecular complexity index is 852. The zero-order valence-electron chi connectivity index (χ0n) is 15.6. The second kappa shape index (κ2) is 8.37. The molecular weight excluding hydrogens is 350 g/mol. The van der Waals surface area contributed by atoms with Crippen LogP contribution in [0.4, 0.5) is 14.5 Å². The van der Waals surface area contributed by atoms with Gasteiger partial charge < -0.3 is 15.2 Å². The molecule has 144 valence electrons. The van der Waals surface area contributed by atoms with Gasteiger partial charge in [0.25, 0.3) is 0 Å². The van der Waals surface area contributed by atoms with Crippen LogP contribution in [0, 0.1) is 11.6 Å². The Morgan fingerprint density at radius 2 is 2.04 bits per heavy atom. The summed E-state index contributed by atoms with van der Waals surface area (Å²) in [5.41, 5.74) is 7.16. The van der Waals surface area contributed by atoms with Crippen molar-refractivity contribution in [3.63, 3.8) is 0 Å². The molecule has 27 heavy (non-hydrogen) atoms. The number of anilines is 1. The van der Waals surface area contributed by atoms with Crippen molar-refractivity contribution in [2.45, 2.75) is 39.2 Å². The molecule has 6 heteroatoms. The van der Waals surface area contributed by atoms with Crippen LogP contribution in [-0.4, -0.2) is 19.1 Å². The molecule has 0 aliphatic carbocycles. The number of halogens is 2. The van der Waals surface area contributed by atoms with Crippen LogP contribution < -0.4 is 10.5 Å². The van der Waals surface area contributed by atoms with Crippen LogP contribution in [-0.2, 0) is 11.2 Å². The van der Waals surface area contributed by atoms with Crippen molar-refractivity contribution in [1.82, 2.24) is 0 Å². The Labute approximate surface area is 158 Å². The second-order valence-electron chi connectivity index (χ2n) is 6.45. The van der Waals surface area contributed by atoms with Crippen molar-refractivity contribution in [1.29, 1.82) is 0 Å². The lowest BCUT2D eigenvalue weighted by Gasteiger charge is -2.17. The van der Waals surface area contributed by atoms with Gasteiger partial charge in [-0.25, -0.2) is 13.8 Å². The monoisotopic (exact) mass is 374 g/mol. The highest BCUT2D eigenvalue weighted by molar-refractivity contribution is 5.96. The molecule has 2 aromatic carbocycles. The number of nitrogens with two attached hydrogens (primary N) is 1. The summed E-state index contributed by atoms with van der Waals surface area (Å²) in [6, 6.07) is 7.82. The first kappa shape index (κ1) is 19.1. The van der Waals surface area contributed by atoms with Crippen molar-refractivity contribution in [2.24, 2.45) is 4.99 Å². The number of aryl methyl sites for hydroxylation is 1. The fourth-order valence-corrected chi connectivity index (χ4v) is 3.26. The number of rotatable bonds is 7. The fourth-order valence-electron chi connectivity index (χ4n) is 3.26. The largest absolute Gasteiger partial charge is 0.494 e. The predicted octanol–water partition coefficient (Wildman–Crippen LogP) is 4.81. The van der Waals surface area contributed by atoms with Crippen LogP contribution in [0.1, 0.15) is 49.4 Å². The Morgan fingerprint density at radius 3 is 2.78 bits per heavy atom. The molecule has 1 unspecified atom stereocenters. The zero-order chi connectivity index (χ0) is 19.4. The first-order chi connectivity index (χ1) is 13.1. The van der Waals surface area contributed by atoms with Gasteiger partial charge in [0, 0.05) is 5.56 Å². The molecule has 4 nitrogen and oxygen atoms in total. The van der Waals surface area contributed by atoms with Gasteiger partial charge in [-0.15, -0.1) is 0 Å². The van der Waals surface area contributed by atoms with Gasteiger partial charge in [0.1, 0.15) is 29.8 Å². The first-order valence-corrected chi connectivity index (χ1v) is 9.25. The van der Waals surface area contributed by atoms with E-state index in [1.165, 1.54) is 6.07 Å². The predicted molar refractivity (Wildman–Crippen MR) is 102 cm³/mol. The molecule has 0 fully saturated rings. The smallest absolute Gasteiger partial charge is 0.223 e. The van der Waals surface area contributed by atoms with Crippen LogP contribution in [0.25, 0.3) is 0 Å². The number of nitrogen functional groups attached to an aromatic ring is 1. The molecule has 3 rings (SSSR count). The molecule has 0 saturated carbocycles. The summed E-state index contributed by atoms with van der Waals surface area (Å²) in [5, 5.41) is 0. The molecule has 0 amide bonds. The van der Waals surface area contributed by atoms with E-state index in [2.05, 4.69) is 11.9 Å². The molecule has 2 N–H and O–H groups in total. The molecule has 0 aromatic heterocycles. The summed E-state index contributed by atoms with van der Waals surface area (Å²) in [7, 11) is 0. The number of aliphatic imine (C=N–C) groups is 1. The third kappa shape index (κ3) is 3.89. The third-order valence-electron chi connectivity index (χ3n) is 4.58. The highest BCUT2D eigenvalue weighted by atomic mass is 19.1. The second-order valence-corrected chi connectivity index (χ2v) is 6.45. The topological polar surface area (TPSA) is 56.8 Å². The summed E-state index contributed by atoms with van der Waals surface area (Å²) in [4.78, 5) is 4.48. The van der Waals surface area contributed by atoms with Crippen LogP contribution in [0.15, 0.2) is 35.3 Å². The van der Waals surface area contributed by atoms with Gasteiger partial charge in [0.05, 0.1) is 12.3 Å². The summed E-state index contributed by atoms with van der Waals surface area (Å²) < 4.78 is 39.9. The lowest BCUT2D eigenvalue weighted by Crippen LogP contribution is -2.09. The van der Waals surface area contributed by atoms with Crippen molar-refractivity contribution < 1.29 is 18.3 Å². The molecule has 0 bridgehead atoms. The van der Waals surface area contributed by atoms with Gasteiger partial charge in [-0.2, -0.15) is 0 Å². The van der Waals surface area contributed by atoms with Crippen LogP contribution >= 0.6 is 0 Å². The molecule has 0 saturated heterocycles. The highest BCUT2D eigenvalue weighted by Gasteiger charge is 2.30. The Balaban J connectivity index is 2.02. The minimum absolute atomic E-state index is 0.0601. The van der Waals surface area contributed by atoms with E-state index < -0.39 is 11.6 Å². The minimum Gasteiger partial charge on any atom is -0.494 e. The van der Waals surface area contributed by atoms with Crippen molar-refractivity contribution in [3.05, 3.63) is 58.7 Å². The van der Waals surface area contributed by atoms with Crippen LogP contribution in [0.2, 0.25) is 0 Å². The van der Waals surface area contributed by atoms with Gasteiger partial charge in [0.2, 0.25) is 5.90 Å². The van der Waals surface area contributed by atoms with E-state index in [1.807, 2.05) is 25.1 Å². The van der Waals surface area contributed by atoms with Crippen LogP contribution in [0.5, 0.6) is 5.75 Å². The maximum Gasteiger partial charge on any atom is 0.223 e. The minimum atomic E-state index is -0.848. The maximum absolute atomic E-state index is 14.3. The molecular formula is C21H24F2N2O2. The molecule has 2 aromatic rings. The van der Waals surface area contributed by atoms with Gasteiger partial charge in [-0.1, -0.05) is 25.5 Å². The quantitative estimate of drug-likeness (QED) is 0.708. The summed E-state index contributed by atoms with van der Waals surface area (Å²) in [5.74, 6) is -0.919. The van der Waals surface area contributed by atoms with E-state index in [1.54, 1.807) is 0 Å². The summed E-state index contributed by atoms with van der Waals surface area (Å²) in [6.45, 7) is 4.77. The van der Waals surface area contributed by atoms with Gasteiger partial charge in [0.15, 0.2) is 5.82 Å². The van der Waals surface area contributed by atoms with E-state index in [-0.39, 0.29) is 29.8 Å². The SMILES string of the molecule is CCCCc1cccc(OCC)c1C1COC(c2c(F)ccc(N)c2F)=N1. The van der Waals surface area contributed by atoms with E-state index in [4.69, 9.17) is 15.2 Å². The zero-order valence-corrected chi connectivity index (χ0v) is 15.6. The van der Waals surface area contributed by atoms with E-state index in [9.17, 15) is 8.78 Å². The Hall–Kier alpha value is -2.63. The molecule has 1 atom stereocenters. The Morgan fingerprint density at radius 1 is 1.22 bits per heavy atom. The first-order valence-electron chi connectivity index (χ1n) is 9.25. The number of benzene rings is 2. The van der Waals surface area contributed by atoms with Crippen molar-refractivity contribution in [2.75, 3.05) is 18.9 Å². The number of nitrogens with zero attached hydrogens (tertiary/aromatic N) is 1. The number of hydrogen-bond acceptors (Lipinski definition) is 4. The number of ether oxygens (including phenoxy) is 2. The van der Waals surface area contributed by atoms with Crippen molar-refractivity contribution in [3.8, 4) is 5.75 Å². The van der Waals surface area contributed by atoms with Gasteiger partial charge in [-0.05, 0) is 43.5 Å². The molecule has 0 radical (unpaired) electrons. The van der Waals surface area contributed by atoms with Crippen molar-refractivity contribution >= 4 is 11.6 Å². The lowest BCUT2D eigenvalue weighted by molar-refractivity contribution is 0.304. The molecule has 0 spiro atoms. The molecule has 1 aliphatic heterocycles. The van der Waals surface area contributed by atoms with E-state index in [0.717, 1.165) is 42.2 Å². The maximum atomic E-state index is 14.3. The van der Waals surface area contributed by atoms with Gasteiger partial charge >= 0.3 is 0 Å². The van der Waals surface area contributed by atoms with Gasteiger partial charge in [-0.3, -0.25) is 0 Å². The average molecular weight is 374 g/mol. The Kier molecular flexibility index (Phi) is 5.94. The number of hydrogen-bond donors (Lipinski definition) is 1. The average Bonchev–Trinajstić information content (AvgIpc) is 3.13. The van der Waals surface area contributed by atoms with E-state index in [0.29, 0.717) is 6.61 Å². The third-order valence-corrected chi connectivity index (χ3v) is 4.58. The van der Waals surface area contributed by atoms with Crippen LogP contribution in [0.3, 0.4) is 0 Å². The number of unbranched alkanes of at least 4 members (excludes halogenated alkanes) is 1. The summed E-state index contributed by atoms with van der Waals surface area (Å²) >= 11 is 0. The highest BCUT2D eigenvalue weighted by Crippen LogP contribution is 2.36. The lowest BCUT2D eigenvalue weighted by atomic mass is 9.96. The summed E-state index contributed by atoms with van der Waals surface area (Å²) in [6.07, 6.45) is 2.98. The molecule has 1 heterocycles. The van der Waals surface area contributed by atoms with E-state index >= 15 is 0 Å².